The van der Waals surface area contributed by atoms with Gasteiger partial charge in [-0.05, 0) is 12.1 Å². The number of halogens is 1. The molecule has 0 saturated heterocycles. The summed E-state index contributed by atoms with van der Waals surface area (Å²) < 4.78 is 18.3. The van der Waals surface area contributed by atoms with Crippen molar-refractivity contribution in [1.29, 1.82) is 0 Å². The summed E-state index contributed by atoms with van der Waals surface area (Å²) in [6.45, 7) is 4.02. The van der Waals surface area contributed by atoms with Gasteiger partial charge in [0, 0.05) is 0 Å². The number of nitrogens with zero attached hydrogens (tertiary/aromatic N) is 1. The highest BCUT2D eigenvalue weighted by atomic mass is 19.1. The SMILES string of the molecule is C=C1CN=C(c2cccc(F)c2N)O1. The fraction of sp³-hybridized carbons (Fsp3) is 0.100. The maximum Gasteiger partial charge on any atom is 0.224 e. The van der Waals surface area contributed by atoms with E-state index >= 15 is 0 Å². The van der Waals surface area contributed by atoms with Gasteiger partial charge in [0.15, 0.2) is 0 Å². The van der Waals surface area contributed by atoms with Crippen LogP contribution in [-0.2, 0) is 4.74 Å². The van der Waals surface area contributed by atoms with Crippen LogP contribution in [0, 0.1) is 5.82 Å². The third-order valence-electron chi connectivity index (χ3n) is 1.92. The molecule has 4 heteroatoms. The number of anilines is 1. The maximum atomic E-state index is 13.1. The molecule has 1 aliphatic heterocycles. The van der Waals surface area contributed by atoms with Gasteiger partial charge in [-0.1, -0.05) is 12.6 Å². The number of rotatable bonds is 1. The van der Waals surface area contributed by atoms with Gasteiger partial charge >= 0.3 is 0 Å². The van der Waals surface area contributed by atoms with Gasteiger partial charge in [0.1, 0.15) is 18.1 Å². The summed E-state index contributed by atoms with van der Waals surface area (Å²) in [6, 6.07) is 4.52. The fourth-order valence-electron chi connectivity index (χ4n) is 1.22. The first-order valence-corrected chi connectivity index (χ1v) is 4.13. The lowest BCUT2D eigenvalue weighted by molar-refractivity contribution is 0.442. The van der Waals surface area contributed by atoms with Crippen LogP contribution < -0.4 is 5.73 Å². The van der Waals surface area contributed by atoms with Crippen LogP contribution >= 0.6 is 0 Å². The van der Waals surface area contributed by atoms with Crippen molar-refractivity contribution in [3.8, 4) is 0 Å². The Hall–Kier alpha value is -1.84. The average molecular weight is 192 g/mol. The molecule has 1 aliphatic rings. The van der Waals surface area contributed by atoms with Crippen LogP contribution in [0.2, 0.25) is 0 Å². The van der Waals surface area contributed by atoms with Crippen molar-refractivity contribution in [2.45, 2.75) is 0 Å². The zero-order valence-corrected chi connectivity index (χ0v) is 7.46. The van der Waals surface area contributed by atoms with Crippen LogP contribution in [0.3, 0.4) is 0 Å². The first kappa shape index (κ1) is 8.74. The minimum atomic E-state index is -0.466. The first-order valence-electron chi connectivity index (χ1n) is 4.13. The Labute approximate surface area is 80.7 Å². The van der Waals surface area contributed by atoms with Crippen LogP contribution in [-0.4, -0.2) is 12.4 Å². The Morgan fingerprint density at radius 3 is 2.93 bits per heavy atom. The molecule has 0 unspecified atom stereocenters. The van der Waals surface area contributed by atoms with Gasteiger partial charge in [-0.25, -0.2) is 9.38 Å². The highest BCUT2D eigenvalue weighted by Crippen LogP contribution is 2.21. The molecular formula is C10H9FN2O. The second-order valence-corrected chi connectivity index (χ2v) is 2.96. The third kappa shape index (κ3) is 1.35. The standard InChI is InChI=1S/C10H9FN2O/c1-6-5-13-10(14-6)7-3-2-4-8(11)9(7)12/h2-4H,1,5,12H2. The zero-order chi connectivity index (χ0) is 10.1. The van der Waals surface area contributed by atoms with Crippen LogP contribution in [0.1, 0.15) is 5.56 Å². The van der Waals surface area contributed by atoms with E-state index in [0.29, 0.717) is 23.8 Å². The van der Waals surface area contributed by atoms with Gasteiger partial charge in [0.05, 0.1) is 11.3 Å². The summed E-state index contributed by atoms with van der Waals surface area (Å²) in [5, 5.41) is 0. The molecule has 1 aromatic carbocycles. The van der Waals surface area contributed by atoms with Gasteiger partial charge < -0.3 is 10.5 Å². The topological polar surface area (TPSA) is 47.6 Å². The van der Waals surface area contributed by atoms with Crippen molar-refractivity contribution in [3.05, 3.63) is 41.9 Å². The van der Waals surface area contributed by atoms with Crippen LogP contribution in [0.5, 0.6) is 0 Å². The summed E-state index contributed by atoms with van der Waals surface area (Å²) in [7, 11) is 0. The number of hydrogen-bond donors (Lipinski definition) is 1. The molecule has 0 atom stereocenters. The highest BCUT2D eigenvalue weighted by Gasteiger charge is 2.17. The molecule has 2 N–H and O–H groups in total. The number of hydrogen-bond acceptors (Lipinski definition) is 3. The van der Waals surface area contributed by atoms with Crippen LogP contribution in [0.4, 0.5) is 10.1 Å². The van der Waals surface area contributed by atoms with E-state index in [2.05, 4.69) is 11.6 Å². The molecular weight excluding hydrogens is 183 g/mol. The molecule has 0 radical (unpaired) electrons. The molecule has 72 valence electrons. The predicted molar refractivity (Wildman–Crippen MR) is 52.4 cm³/mol. The highest BCUT2D eigenvalue weighted by molar-refractivity contribution is 6.00. The lowest BCUT2D eigenvalue weighted by Crippen LogP contribution is -2.06. The summed E-state index contributed by atoms with van der Waals surface area (Å²) in [4.78, 5) is 4.04. The normalized spacial score (nSPS) is 15.2. The van der Waals surface area contributed by atoms with Crippen LogP contribution in [0.25, 0.3) is 0 Å². The van der Waals surface area contributed by atoms with E-state index in [1.54, 1.807) is 12.1 Å². The Bertz CT molecular complexity index is 426. The Kier molecular flexibility index (Phi) is 1.96. The van der Waals surface area contributed by atoms with Crippen molar-refractivity contribution in [2.24, 2.45) is 4.99 Å². The predicted octanol–water partition coefficient (Wildman–Crippen LogP) is 1.70. The van der Waals surface area contributed by atoms with E-state index in [4.69, 9.17) is 10.5 Å². The number of para-hydroxylation sites is 1. The van der Waals surface area contributed by atoms with Crippen molar-refractivity contribution in [1.82, 2.24) is 0 Å². The second kappa shape index (κ2) is 3.14. The quantitative estimate of drug-likeness (QED) is 0.688. The number of aliphatic imine (C=N–C) groups is 1. The molecule has 0 amide bonds. The van der Waals surface area contributed by atoms with Crippen LogP contribution in [0.15, 0.2) is 35.5 Å². The smallest absolute Gasteiger partial charge is 0.224 e. The lowest BCUT2D eigenvalue weighted by atomic mass is 10.2. The second-order valence-electron chi connectivity index (χ2n) is 2.96. The number of nitrogen functional groups attached to an aromatic ring is 1. The van der Waals surface area contributed by atoms with Gasteiger partial charge in [-0.15, -0.1) is 0 Å². The summed E-state index contributed by atoms with van der Waals surface area (Å²) >= 11 is 0. The van der Waals surface area contributed by atoms with Crippen molar-refractivity contribution in [2.75, 3.05) is 12.3 Å². The minimum absolute atomic E-state index is 0.0564. The van der Waals surface area contributed by atoms with Crippen molar-refractivity contribution >= 4 is 11.6 Å². The molecule has 2 rings (SSSR count). The lowest BCUT2D eigenvalue weighted by Gasteiger charge is -2.05. The summed E-state index contributed by atoms with van der Waals surface area (Å²) in [5.74, 6) is 0.418. The number of ether oxygens (including phenoxy) is 1. The largest absolute Gasteiger partial charge is 0.442 e. The molecule has 0 bridgehead atoms. The molecule has 0 aromatic heterocycles. The number of nitrogens with two attached hydrogens (primary N) is 1. The molecule has 0 fully saturated rings. The Morgan fingerprint density at radius 2 is 2.29 bits per heavy atom. The summed E-state index contributed by atoms with van der Waals surface area (Å²) in [5.41, 5.74) is 6.07. The van der Waals surface area contributed by atoms with E-state index < -0.39 is 5.82 Å². The van der Waals surface area contributed by atoms with E-state index in [-0.39, 0.29) is 5.69 Å². The Morgan fingerprint density at radius 1 is 1.50 bits per heavy atom. The van der Waals surface area contributed by atoms with Gasteiger partial charge in [-0.2, -0.15) is 0 Å². The molecule has 3 nitrogen and oxygen atoms in total. The molecule has 0 saturated carbocycles. The van der Waals surface area contributed by atoms with E-state index in [0.717, 1.165) is 0 Å². The van der Waals surface area contributed by atoms with Gasteiger partial charge in [0.2, 0.25) is 5.90 Å². The fourth-order valence-corrected chi connectivity index (χ4v) is 1.22. The van der Waals surface area contributed by atoms with Gasteiger partial charge in [-0.3, -0.25) is 0 Å². The van der Waals surface area contributed by atoms with Crippen molar-refractivity contribution in [3.63, 3.8) is 0 Å². The monoisotopic (exact) mass is 192 g/mol. The van der Waals surface area contributed by atoms with Gasteiger partial charge in [0.25, 0.3) is 0 Å². The molecule has 14 heavy (non-hydrogen) atoms. The minimum Gasteiger partial charge on any atom is -0.442 e. The summed E-state index contributed by atoms with van der Waals surface area (Å²) in [6.07, 6.45) is 0. The van der Waals surface area contributed by atoms with E-state index in [1.807, 2.05) is 0 Å². The molecule has 0 spiro atoms. The zero-order valence-electron chi connectivity index (χ0n) is 7.46. The van der Waals surface area contributed by atoms with E-state index in [9.17, 15) is 4.39 Å². The third-order valence-corrected chi connectivity index (χ3v) is 1.92. The van der Waals surface area contributed by atoms with E-state index in [1.165, 1.54) is 6.07 Å². The van der Waals surface area contributed by atoms with Crippen molar-refractivity contribution < 1.29 is 9.13 Å². The Balaban J connectivity index is 2.42. The maximum absolute atomic E-state index is 13.1. The first-order chi connectivity index (χ1) is 6.68. The number of benzene rings is 1. The average Bonchev–Trinajstić information content (AvgIpc) is 2.57. The molecule has 1 aromatic rings. The molecule has 0 aliphatic carbocycles. The molecule has 1 heterocycles.